The molecule has 0 aliphatic rings. The van der Waals surface area contributed by atoms with Crippen molar-refractivity contribution in [3.63, 3.8) is 0 Å². The van der Waals surface area contributed by atoms with E-state index in [1.165, 1.54) is 0 Å². The van der Waals surface area contributed by atoms with Crippen LogP contribution in [-0.4, -0.2) is 23.2 Å². The van der Waals surface area contributed by atoms with Crippen molar-refractivity contribution < 1.29 is 9.53 Å². The molecule has 0 unspecified atom stereocenters. The molecule has 0 spiro atoms. The van der Waals surface area contributed by atoms with Crippen LogP contribution in [0.2, 0.25) is 5.02 Å². The number of aromatic amines is 1. The third-order valence-corrected chi connectivity index (χ3v) is 4.67. The summed E-state index contributed by atoms with van der Waals surface area (Å²) < 4.78 is 5.05. The van der Waals surface area contributed by atoms with Crippen LogP contribution in [0.4, 0.5) is 0 Å². The first kappa shape index (κ1) is 19.1. The Balaban J connectivity index is 1.70. The third kappa shape index (κ3) is 5.18. The van der Waals surface area contributed by atoms with Crippen molar-refractivity contribution in [2.24, 2.45) is 0 Å². The lowest BCUT2D eigenvalue weighted by atomic mass is 9.88. The zero-order chi connectivity index (χ0) is 19.1. The van der Waals surface area contributed by atoms with E-state index in [1.807, 2.05) is 60.7 Å². The van der Waals surface area contributed by atoms with Gasteiger partial charge in [-0.05, 0) is 23.3 Å². The van der Waals surface area contributed by atoms with Gasteiger partial charge in [0, 0.05) is 24.5 Å². The predicted octanol–water partition coefficient (Wildman–Crippen LogP) is 4.05. The molecule has 0 aliphatic heterocycles. The topological polar surface area (TPSA) is 67.0 Å². The lowest BCUT2D eigenvalue weighted by molar-refractivity contribution is -0.121. The van der Waals surface area contributed by atoms with Gasteiger partial charge in [-0.25, -0.2) is 0 Å². The number of nitrogens with one attached hydrogen (secondary N) is 2. The molecule has 2 aromatic carbocycles. The fourth-order valence-corrected chi connectivity index (χ4v) is 3.29. The number of hydrogen-bond donors (Lipinski definition) is 2. The molecule has 3 rings (SSSR count). The number of carbonyl (C=O) groups excluding carboxylic acids is 1. The predicted molar refractivity (Wildman–Crippen MR) is 106 cm³/mol. The van der Waals surface area contributed by atoms with Crippen LogP contribution in [0.5, 0.6) is 0 Å². The molecule has 0 radical (unpaired) electrons. The summed E-state index contributed by atoms with van der Waals surface area (Å²) in [6.45, 7) is 0.826. The smallest absolute Gasteiger partial charge is 0.221 e. The Labute approximate surface area is 163 Å². The second-order valence-electron chi connectivity index (χ2n) is 6.28. The number of rotatable bonds is 8. The van der Waals surface area contributed by atoms with Gasteiger partial charge in [-0.1, -0.05) is 60.1 Å². The largest absolute Gasteiger partial charge is 0.378 e. The average Bonchev–Trinajstić information content (AvgIpc) is 3.14. The van der Waals surface area contributed by atoms with Crippen molar-refractivity contribution in [1.82, 2.24) is 15.5 Å². The molecule has 3 aromatic rings. The van der Waals surface area contributed by atoms with E-state index in [0.717, 1.165) is 22.5 Å². The van der Waals surface area contributed by atoms with Gasteiger partial charge in [0.1, 0.15) is 0 Å². The van der Waals surface area contributed by atoms with E-state index in [0.29, 0.717) is 24.6 Å². The zero-order valence-corrected chi connectivity index (χ0v) is 15.9. The van der Waals surface area contributed by atoms with E-state index in [1.54, 1.807) is 7.11 Å². The number of amides is 1. The summed E-state index contributed by atoms with van der Waals surface area (Å²) in [5.41, 5.74) is 3.65. The number of benzene rings is 2. The second-order valence-corrected chi connectivity index (χ2v) is 6.69. The Morgan fingerprint density at radius 2 is 1.93 bits per heavy atom. The minimum absolute atomic E-state index is 0.0494. The van der Waals surface area contributed by atoms with Crippen LogP contribution >= 0.6 is 11.6 Å². The first-order valence-electron chi connectivity index (χ1n) is 8.75. The van der Waals surface area contributed by atoms with Gasteiger partial charge in [0.05, 0.1) is 24.5 Å². The quantitative estimate of drug-likeness (QED) is 0.616. The van der Waals surface area contributed by atoms with Crippen molar-refractivity contribution in [1.29, 1.82) is 0 Å². The molecule has 0 aliphatic carbocycles. The Bertz CT molecular complexity index is 880. The van der Waals surface area contributed by atoms with E-state index in [4.69, 9.17) is 16.3 Å². The van der Waals surface area contributed by atoms with Crippen LogP contribution in [0.25, 0.3) is 0 Å². The molecule has 1 amide bonds. The van der Waals surface area contributed by atoms with Gasteiger partial charge in [0.15, 0.2) is 0 Å². The number of halogens is 1. The molecule has 6 heteroatoms. The summed E-state index contributed by atoms with van der Waals surface area (Å²) >= 11 is 6.40. The molecule has 0 saturated carbocycles. The highest BCUT2D eigenvalue weighted by Gasteiger charge is 2.20. The second kappa shape index (κ2) is 9.35. The standard InChI is InChI=1S/C21H22ClN3O2/c1-27-14-17-11-16(24-25-17)13-23-21(26)12-19(15-7-3-2-4-8-15)18-9-5-6-10-20(18)22/h2-11,19H,12-14H2,1H3,(H,23,26)(H,24,25)/t19-/m1/s1. The fourth-order valence-electron chi connectivity index (χ4n) is 3.02. The van der Waals surface area contributed by atoms with Crippen LogP contribution < -0.4 is 5.32 Å². The van der Waals surface area contributed by atoms with Crippen molar-refractivity contribution in [2.75, 3.05) is 7.11 Å². The van der Waals surface area contributed by atoms with Gasteiger partial charge < -0.3 is 10.1 Å². The average molecular weight is 384 g/mol. The number of ether oxygens (including phenoxy) is 1. The van der Waals surface area contributed by atoms with Gasteiger partial charge in [0.25, 0.3) is 0 Å². The summed E-state index contributed by atoms with van der Waals surface area (Å²) in [5, 5.41) is 10.7. The summed E-state index contributed by atoms with van der Waals surface area (Å²) in [5.74, 6) is -0.155. The first-order chi connectivity index (χ1) is 13.2. The minimum Gasteiger partial charge on any atom is -0.378 e. The molecule has 27 heavy (non-hydrogen) atoms. The third-order valence-electron chi connectivity index (χ3n) is 4.32. The molecule has 140 valence electrons. The van der Waals surface area contributed by atoms with Crippen molar-refractivity contribution in [3.05, 3.63) is 88.2 Å². The number of H-pyrrole nitrogens is 1. The Kier molecular flexibility index (Phi) is 6.63. The number of methoxy groups -OCH3 is 1. The normalized spacial score (nSPS) is 11.9. The molecule has 1 heterocycles. The number of carbonyl (C=O) groups is 1. The highest BCUT2D eigenvalue weighted by Crippen LogP contribution is 2.32. The van der Waals surface area contributed by atoms with Crippen molar-refractivity contribution >= 4 is 17.5 Å². The van der Waals surface area contributed by atoms with Crippen molar-refractivity contribution in [2.45, 2.75) is 25.5 Å². The molecule has 2 N–H and O–H groups in total. The lowest BCUT2D eigenvalue weighted by Gasteiger charge is -2.19. The fraction of sp³-hybridized carbons (Fsp3) is 0.238. The molecular weight excluding hydrogens is 362 g/mol. The molecule has 0 bridgehead atoms. The van der Waals surface area contributed by atoms with Gasteiger partial charge >= 0.3 is 0 Å². The highest BCUT2D eigenvalue weighted by molar-refractivity contribution is 6.31. The van der Waals surface area contributed by atoms with Crippen LogP contribution in [-0.2, 0) is 22.7 Å². The zero-order valence-electron chi connectivity index (χ0n) is 15.1. The van der Waals surface area contributed by atoms with Crippen LogP contribution in [0.3, 0.4) is 0 Å². The van der Waals surface area contributed by atoms with Crippen LogP contribution in [0.1, 0.15) is 34.9 Å². The molecule has 1 aromatic heterocycles. The number of hydrogen-bond acceptors (Lipinski definition) is 3. The Hall–Kier alpha value is -2.63. The maximum absolute atomic E-state index is 12.6. The Morgan fingerprint density at radius 3 is 2.67 bits per heavy atom. The molecule has 5 nitrogen and oxygen atoms in total. The monoisotopic (exact) mass is 383 g/mol. The van der Waals surface area contributed by atoms with Crippen LogP contribution in [0.15, 0.2) is 60.7 Å². The molecule has 0 fully saturated rings. The van der Waals surface area contributed by atoms with E-state index >= 15 is 0 Å². The number of aromatic nitrogens is 2. The van der Waals surface area contributed by atoms with E-state index in [9.17, 15) is 4.79 Å². The Morgan fingerprint density at radius 1 is 1.19 bits per heavy atom. The van der Waals surface area contributed by atoms with E-state index in [2.05, 4.69) is 15.5 Å². The summed E-state index contributed by atoms with van der Waals surface area (Å²) in [6, 6.07) is 19.5. The van der Waals surface area contributed by atoms with Gasteiger partial charge in [-0.15, -0.1) is 0 Å². The summed E-state index contributed by atoms with van der Waals surface area (Å²) in [4.78, 5) is 12.6. The maximum atomic E-state index is 12.6. The summed E-state index contributed by atoms with van der Waals surface area (Å²) in [6.07, 6.45) is 0.312. The van der Waals surface area contributed by atoms with Crippen molar-refractivity contribution in [3.8, 4) is 0 Å². The summed E-state index contributed by atoms with van der Waals surface area (Å²) in [7, 11) is 1.62. The first-order valence-corrected chi connectivity index (χ1v) is 9.13. The number of nitrogens with zero attached hydrogens (tertiary/aromatic N) is 1. The van der Waals surface area contributed by atoms with E-state index < -0.39 is 0 Å². The van der Waals surface area contributed by atoms with E-state index in [-0.39, 0.29) is 11.8 Å². The van der Waals surface area contributed by atoms with Gasteiger partial charge in [0.2, 0.25) is 5.91 Å². The van der Waals surface area contributed by atoms with Crippen LogP contribution in [0, 0.1) is 0 Å². The maximum Gasteiger partial charge on any atom is 0.221 e. The minimum atomic E-state index is -0.106. The molecule has 1 atom stereocenters. The SMILES string of the molecule is COCc1cc(CNC(=O)C[C@H](c2ccccc2)c2ccccc2Cl)[nH]n1. The molecular formula is C21H22ClN3O2. The highest BCUT2D eigenvalue weighted by atomic mass is 35.5. The lowest BCUT2D eigenvalue weighted by Crippen LogP contribution is -2.25. The molecule has 0 saturated heterocycles. The van der Waals surface area contributed by atoms with Gasteiger partial charge in [-0.2, -0.15) is 5.10 Å². The van der Waals surface area contributed by atoms with Gasteiger partial charge in [-0.3, -0.25) is 9.89 Å².